The number of benzene rings is 3. The Hall–Kier alpha value is -3.43. The fraction of sp³-hybridized carbons (Fsp3) is 0.136. The quantitative estimate of drug-likeness (QED) is 0.488. The molecule has 3 aromatic carbocycles. The summed E-state index contributed by atoms with van der Waals surface area (Å²) in [7, 11) is -2.30. The van der Waals surface area contributed by atoms with Crippen LogP contribution >= 0.6 is 0 Å². The molecule has 1 amide bonds. The summed E-state index contributed by atoms with van der Waals surface area (Å²) in [6.45, 7) is 0.831. The van der Waals surface area contributed by atoms with Crippen molar-refractivity contribution in [3.8, 4) is 5.75 Å². The summed E-state index contributed by atoms with van der Waals surface area (Å²) < 4.78 is 50.7. The van der Waals surface area contributed by atoms with E-state index in [1.807, 2.05) is 0 Å². The lowest BCUT2D eigenvalue weighted by Gasteiger charge is -2.10. The van der Waals surface area contributed by atoms with Gasteiger partial charge in [-0.05, 0) is 60.7 Å². The van der Waals surface area contributed by atoms with E-state index in [0.29, 0.717) is 24.7 Å². The van der Waals surface area contributed by atoms with Crippen LogP contribution < -0.4 is 14.8 Å². The molecule has 0 bridgehead atoms. The molecule has 3 rings (SSSR count). The lowest BCUT2D eigenvalue weighted by Crippen LogP contribution is -2.15. The molecule has 0 saturated heterocycles. The van der Waals surface area contributed by atoms with Gasteiger partial charge in [0.25, 0.3) is 15.9 Å². The normalized spacial score (nSPS) is 11.0. The van der Waals surface area contributed by atoms with Gasteiger partial charge in [0.1, 0.15) is 18.2 Å². The first kappa shape index (κ1) is 22.3. The average molecular weight is 444 g/mol. The molecule has 0 radical (unpaired) electrons. The highest BCUT2D eigenvalue weighted by Gasteiger charge is 2.15. The third kappa shape index (κ3) is 6.27. The molecule has 31 heavy (non-hydrogen) atoms. The van der Waals surface area contributed by atoms with E-state index in [1.165, 1.54) is 36.4 Å². The smallest absolute Gasteiger partial charge is 0.261 e. The highest BCUT2D eigenvalue weighted by atomic mass is 32.2. The maximum Gasteiger partial charge on any atom is 0.261 e. The Bertz CT molecular complexity index is 1130. The summed E-state index contributed by atoms with van der Waals surface area (Å²) in [6, 6.07) is 17.3. The van der Waals surface area contributed by atoms with Crippen molar-refractivity contribution in [1.82, 2.24) is 0 Å². The van der Waals surface area contributed by atoms with Gasteiger partial charge in [0.05, 0.1) is 11.5 Å². The van der Waals surface area contributed by atoms with E-state index in [0.717, 1.165) is 12.1 Å². The number of sulfonamides is 1. The van der Waals surface area contributed by atoms with Crippen molar-refractivity contribution in [3.63, 3.8) is 0 Å². The van der Waals surface area contributed by atoms with Crippen LogP contribution in [0.15, 0.2) is 77.7 Å². The molecule has 3 aromatic rings. The van der Waals surface area contributed by atoms with E-state index < -0.39 is 21.7 Å². The van der Waals surface area contributed by atoms with Crippen molar-refractivity contribution >= 4 is 27.3 Å². The maximum absolute atomic E-state index is 13.0. The maximum atomic E-state index is 13.0. The molecular weight excluding hydrogens is 423 g/mol. The molecule has 9 heteroatoms. The molecule has 0 spiro atoms. The number of carbonyl (C=O) groups excluding carboxylic acids is 1. The van der Waals surface area contributed by atoms with Gasteiger partial charge in [-0.2, -0.15) is 0 Å². The third-order valence-corrected chi connectivity index (χ3v) is 5.57. The monoisotopic (exact) mass is 444 g/mol. The van der Waals surface area contributed by atoms with Crippen LogP contribution in [0.2, 0.25) is 0 Å². The number of hydrogen-bond donors (Lipinski definition) is 2. The van der Waals surface area contributed by atoms with Crippen LogP contribution in [-0.2, 0) is 14.8 Å². The molecule has 7 nitrogen and oxygen atoms in total. The second-order valence-electron chi connectivity index (χ2n) is 6.46. The van der Waals surface area contributed by atoms with Gasteiger partial charge in [0, 0.05) is 30.1 Å². The van der Waals surface area contributed by atoms with Crippen LogP contribution in [0.3, 0.4) is 0 Å². The van der Waals surface area contributed by atoms with Crippen LogP contribution in [0.1, 0.15) is 10.4 Å². The predicted molar refractivity (Wildman–Crippen MR) is 115 cm³/mol. The minimum atomic E-state index is -3.88. The molecule has 0 heterocycles. The van der Waals surface area contributed by atoms with Crippen molar-refractivity contribution in [3.05, 3.63) is 84.2 Å². The Kier molecular flexibility index (Phi) is 7.22. The van der Waals surface area contributed by atoms with Gasteiger partial charge >= 0.3 is 0 Å². The average Bonchev–Trinajstić information content (AvgIpc) is 2.76. The number of hydrogen-bond acceptors (Lipinski definition) is 5. The van der Waals surface area contributed by atoms with Gasteiger partial charge in [-0.1, -0.05) is 6.07 Å². The number of methoxy groups -OCH3 is 1. The fourth-order valence-electron chi connectivity index (χ4n) is 2.63. The van der Waals surface area contributed by atoms with Gasteiger partial charge in [-0.25, -0.2) is 12.8 Å². The van der Waals surface area contributed by atoms with Crippen LogP contribution in [0.25, 0.3) is 0 Å². The molecule has 0 fully saturated rings. The van der Waals surface area contributed by atoms with Crippen molar-refractivity contribution in [2.45, 2.75) is 4.90 Å². The van der Waals surface area contributed by atoms with Crippen molar-refractivity contribution in [2.24, 2.45) is 0 Å². The number of ether oxygens (including phenoxy) is 2. The Labute approximate surface area is 179 Å². The molecule has 0 saturated carbocycles. The summed E-state index contributed by atoms with van der Waals surface area (Å²) in [6.07, 6.45) is 0. The van der Waals surface area contributed by atoms with E-state index in [-0.39, 0.29) is 16.1 Å². The first-order chi connectivity index (χ1) is 14.9. The Morgan fingerprint density at radius 3 is 2.32 bits per heavy atom. The first-order valence-corrected chi connectivity index (χ1v) is 10.8. The van der Waals surface area contributed by atoms with Crippen LogP contribution in [0.4, 0.5) is 15.8 Å². The van der Waals surface area contributed by atoms with E-state index in [4.69, 9.17) is 9.47 Å². The number of rotatable bonds is 9. The number of amides is 1. The zero-order chi connectivity index (χ0) is 22.3. The molecule has 2 N–H and O–H groups in total. The molecule has 0 aliphatic carbocycles. The van der Waals surface area contributed by atoms with Gasteiger partial charge in [-0.15, -0.1) is 0 Å². The molecular formula is C22H21FN2O5S. The summed E-state index contributed by atoms with van der Waals surface area (Å²) in [4.78, 5) is 12.5. The zero-order valence-electron chi connectivity index (χ0n) is 16.7. The van der Waals surface area contributed by atoms with Crippen molar-refractivity contribution in [2.75, 3.05) is 30.4 Å². The zero-order valence-corrected chi connectivity index (χ0v) is 17.5. The van der Waals surface area contributed by atoms with Crippen LogP contribution in [0.5, 0.6) is 5.75 Å². The minimum absolute atomic E-state index is 0.0260. The lowest BCUT2D eigenvalue weighted by atomic mass is 10.2. The van der Waals surface area contributed by atoms with Gasteiger partial charge in [0.2, 0.25) is 0 Å². The highest BCUT2D eigenvalue weighted by molar-refractivity contribution is 7.92. The lowest BCUT2D eigenvalue weighted by molar-refractivity contribution is 0.102. The van der Waals surface area contributed by atoms with Gasteiger partial charge in [-0.3, -0.25) is 9.52 Å². The van der Waals surface area contributed by atoms with Crippen LogP contribution in [0, 0.1) is 5.82 Å². The number of anilines is 2. The fourth-order valence-corrected chi connectivity index (χ4v) is 3.69. The summed E-state index contributed by atoms with van der Waals surface area (Å²) in [5, 5.41) is 2.74. The first-order valence-electron chi connectivity index (χ1n) is 9.29. The predicted octanol–water partition coefficient (Wildman–Crippen LogP) is 3.90. The standard InChI is InChI=1S/C22H21FN2O5S/c1-29-13-14-30-20-4-2-3-19(15-20)24-22(26)16-5-11-21(12-6-16)31(27,28)25-18-9-7-17(23)8-10-18/h2-12,15,25H,13-14H2,1H3,(H,24,26). The number of carbonyl (C=O) groups is 1. The Balaban J connectivity index is 1.66. The Morgan fingerprint density at radius 2 is 1.65 bits per heavy atom. The molecule has 0 aliphatic rings. The summed E-state index contributed by atoms with van der Waals surface area (Å²) >= 11 is 0. The third-order valence-electron chi connectivity index (χ3n) is 4.17. The van der Waals surface area contributed by atoms with E-state index >= 15 is 0 Å². The molecule has 0 unspecified atom stereocenters. The van der Waals surface area contributed by atoms with Gasteiger partial charge in [0.15, 0.2) is 0 Å². The van der Waals surface area contributed by atoms with E-state index in [1.54, 1.807) is 31.4 Å². The molecule has 0 aliphatic heterocycles. The highest BCUT2D eigenvalue weighted by Crippen LogP contribution is 2.20. The largest absolute Gasteiger partial charge is 0.491 e. The second-order valence-corrected chi connectivity index (χ2v) is 8.14. The molecule has 162 valence electrons. The summed E-state index contributed by atoms with van der Waals surface area (Å²) in [5.74, 6) is -0.280. The second kappa shape index (κ2) is 10.1. The van der Waals surface area contributed by atoms with E-state index in [2.05, 4.69) is 10.0 Å². The minimum Gasteiger partial charge on any atom is -0.491 e. The van der Waals surface area contributed by atoms with Crippen molar-refractivity contribution < 1.29 is 27.1 Å². The summed E-state index contributed by atoms with van der Waals surface area (Å²) in [5.41, 5.74) is 1.05. The Morgan fingerprint density at radius 1 is 0.935 bits per heavy atom. The van der Waals surface area contributed by atoms with Crippen molar-refractivity contribution in [1.29, 1.82) is 0 Å². The van der Waals surface area contributed by atoms with E-state index in [9.17, 15) is 17.6 Å². The topological polar surface area (TPSA) is 93.7 Å². The van der Waals surface area contributed by atoms with Crippen LogP contribution in [-0.4, -0.2) is 34.6 Å². The number of halogens is 1. The SMILES string of the molecule is COCCOc1cccc(NC(=O)c2ccc(S(=O)(=O)Nc3ccc(F)cc3)cc2)c1. The molecule has 0 atom stereocenters. The number of nitrogens with one attached hydrogen (secondary N) is 2. The van der Waals surface area contributed by atoms with Gasteiger partial charge < -0.3 is 14.8 Å². The molecule has 0 aromatic heterocycles.